The molecule has 7 nitrogen and oxygen atoms in total. The Kier molecular flexibility index (Phi) is 5.73. The topological polar surface area (TPSA) is 99.2 Å². The summed E-state index contributed by atoms with van der Waals surface area (Å²) in [5.41, 5.74) is 1.85. The van der Waals surface area contributed by atoms with Crippen LogP contribution in [0.15, 0.2) is 12.3 Å². The molecule has 1 aromatic heterocycles. The summed E-state index contributed by atoms with van der Waals surface area (Å²) in [6.07, 6.45) is 0.964. The molecule has 0 aliphatic heterocycles. The zero-order valence-electron chi connectivity index (χ0n) is 18.5. The maximum Gasteiger partial charge on any atom is 0.434 e. The summed E-state index contributed by atoms with van der Waals surface area (Å²) < 4.78 is 60.6. The number of hydrogen-bond donors (Lipinski definition) is 2. The van der Waals surface area contributed by atoms with Crippen LogP contribution in [0, 0.1) is 23.2 Å². The first-order valence-electron chi connectivity index (χ1n) is 11.0. The minimum atomic E-state index is -4.84. The summed E-state index contributed by atoms with van der Waals surface area (Å²) in [6.45, 7) is 2.32. The Morgan fingerprint density at radius 3 is 2.45 bits per heavy atom. The van der Waals surface area contributed by atoms with Crippen LogP contribution in [0.5, 0.6) is 0 Å². The molecular formula is C22H28F4N4O3. The van der Waals surface area contributed by atoms with Crippen LogP contribution in [-0.4, -0.2) is 40.1 Å². The lowest BCUT2D eigenvalue weighted by Crippen LogP contribution is -2.63. The van der Waals surface area contributed by atoms with Gasteiger partial charge in [0, 0.05) is 17.7 Å². The number of ether oxygens (including phenoxy) is 1. The number of nitrogens with two attached hydrogens (primary N) is 1. The highest BCUT2D eigenvalue weighted by Crippen LogP contribution is 2.57. The fourth-order valence-electron chi connectivity index (χ4n) is 5.99. The van der Waals surface area contributed by atoms with Crippen molar-refractivity contribution in [2.45, 2.75) is 63.8 Å². The third-order valence-electron chi connectivity index (χ3n) is 7.15. The molecule has 3 N–H and O–H groups in total. The number of alkyl halides is 4. The van der Waals surface area contributed by atoms with Gasteiger partial charge in [0.1, 0.15) is 5.60 Å². The standard InChI is InChI=1S/C22H28F4N4O3/c1-20(2,11-23)3-4-30-17(22(24,25)26)15(10-28-30)18(31)29-16-13-5-12-6-14(16)9-21(7-12,8-13)33-19(27)32/h3-4,10,12-14,16H,5-9,11H2,1-2H3,(H2,27,32)(H,29,31)/b4-3+/t12?,13?,14?,16-,21-. The van der Waals surface area contributed by atoms with Gasteiger partial charge in [-0.25, -0.2) is 9.48 Å². The Bertz CT molecular complexity index is 955. The normalized spacial score (nSPS) is 31.2. The molecule has 2 amide bonds. The molecule has 11 heteroatoms. The maximum absolute atomic E-state index is 13.8. The van der Waals surface area contributed by atoms with E-state index in [-0.39, 0.29) is 17.9 Å². The van der Waals surface area contributed by atoms with Gasteiger partial charge in [-0.1, -0.05) is 19.9 Å². The van der Waals surface area contributed by atoms with E-state index in [1.165, 1.54) is 19.9 Å². The molecule has 4 aliphatic rings. The van der Waals surface area contributed by atoms with E-state index in [4.69, 9.17) is 10.5 Å². The van der Waals surface area contributed by atoms with Crippen molar-refractivity contribution in [1.82, 2.24) is 15.1 Å². The number of carbonyl (C=O) groups excluding carboxylic acids is 2. The van der Waals surface area contributed by atoms with Crippen molar-refractivity contribution in [1.29, 1.82) is 0 Å². The van der Waals surface area contributed by atoms with Crippen LogP contribution in [0.1, 0.15) is 62.0 Å². The van der Waals surface area contributed by atoms with Gasteiger partial charge < -0.3 is 15.8 Å². The molecule has 4 aliphatic carbocycles. The molecule has 4 fully saturated rings. The van der Waals surface area contributed by atoms with E-state index in [2.05, 4.69) is 10.4 Å². The summed E-state index contributed by atoms with van der Waals surface area (Å²) in [5.74, 6) is -0.523. The van der Waals surface area contributed by atoms with Crippen LogP contribution in [0.4, 0.5) is 22.4 Å². The van der Waals surface area contributed by atoms with E-state index < -0.39 is 47.1 Å². The third kappa shape index (κ3) is 4.59. The number of primary amides is 1. The van der Waals surface area contributed by atoms with Gasteiger partial charge in [0.05, 0.1) is 18.4 Å². The second-order valence-corrected chi connectivity index (χ2v) is 10.4. The van der Waals surface area contributed by atoms with Crippen molar-refractivity contribution in [2.75, 3.05) is 6.67 Å². The highest BCUT2D eigenvalue weighted by atomic mass is 19.4. The number of aromatic nitrogens is 2. The monoisotopic (exact) mass is 472 g/mol. The van der Waals surface area contributed by atoms with E-state index in [0.717, 1.165) is 31.7 Å². The van der Waals surface area contributed by atoms with Gasteiger partial charge in [-0.3, -0.25) is 9.18 Å². The summed E-state index contributed by atoms with van der Waals surface area (Å²) in [6, 6.07) is -0.316. The molecule has 0 aromatic carbocycles. The average molecular weight is 472 g/mol. The van der Waals surface area contributed by atoms with Crippen LogP contribution in [-0.2, 0) is 10.9 Å². The molecule has 0 spiro atoms. The lowest BCUT2D eigenvalue weighted by Gasteiger charge is -2.58. The third-order valence-corrected chi connectivity index (χ3v) is 7.15. The zero-order valence-corrected chi connectivity index (χ0v) is 18.5. The quantitative estimate of drug-likeness (QED) is 0.608. The van der Waals surface area contributed by atoms with Gasteiger partial charge >= 0.3 is 12.3 Å². The number of nitrogens with one attached hydrogen (secondary N) is 1. The Hall–Kier alpha value is -2.59. The number of amides is 2. The molecule has 2 unspecified atom stereocenters. The van der Waals surface area contributed by atoms with Crippen molar-refractivity contribution < 1.29 is 31.9 Å². The summed E-state index contributed by atoms with van der Waals surface area (Å²) >= 11 is 0. The zero-order chi connectivity index (χ0) is 24.2. The first-order valence-corrected chi connectivity index (χ1v) is 11.0. The van der Waals surface area contributed by atoms with Gasteiger partial charge in [-0.15, -0.1) is 0 Å². The molecule has 1 aromatic rings. The molecule has 2 atom stereocenters. The van der Waals surface area contributed by atoms with Gasteiger partial charge in [-0.05, 0) is 49.9 Å². The van der Waals surface area contributed by atoms with E-state index in [0.29, 0.717) is 23.4 Å². The second kappa shape index (κ2) is 8.02. The van der Waals surface area contributed by atoms with Crippen LogP contribution in [0.25, 0.3) is 6.20 Å². The van der Waals surface area contributed by atoms with Crippen LogP contribution in [0.3, 0.4) is 0 Å². The highest BCUT2D eigenvalue weighted by Gasteiger charge is 2.57. The van der Waals surface area contributed by atoms with Gasteiger partial charge in [0.25, 0.3) is 5.91 Å². The van der Waals surface area contributed by atoms with Gasteiger partial charge in [0.2, 0.25) is 0 Å². The fraction of sp³-hybridized carbons (Fsp3) is 0.682. The van der Waals surface area contributed by atoms with Crippen LogP contribution in [0.2, 0.25) is 0 Å². The van der Waals surface area contributed by atoms with Crippen molar-refractivity contribution in [2.24, 2.45) is 28.9 Å². The van der Waals surface area contributed by atoms with Crippen molar-refractivity contribution in [3.05, 3.63) is 23.5 Å². The van der Waals surface area contributed by atoms with Gasteiger partial charge in [0.15, 0.2) is 5.69 Å². The van der Waals surface area contributed by atoms with Crippen molar-refractivity contribution >= 4 is 18.2 Å². The average Bonchev–Trinajstić information content (AvgIpc) is 3.12. The number of allylic oxidation sites excluding steroid dienone is 1. The van der Waals surface area contributed by atoms with E-state index in [9.17, 15) is 27.2 Å². The van der Waals surface area contributed by atoms with Crippen LogP contribution < -0.4 is 11.1 Å². The lowest BCUT2D eigenvalue weighted by atomic mass is 9.52. The van der Waals surface area contributed by atoms with E-state index in [1.807, 2.05) is 0 Å². The summed E-state index contributed by atoms with van der Waals surface area (Å²) in [5, 5.41) is 6.53. The molecule has 4 saturated carbocycles. The molecule has 5 rings (SSSR count). The Balaban J connectivity index is 1.56. The number of hydrogen-bond acceptors (Lipinski definition) is 4. The molecule has 1 heterocycles. The van der Waals surface area contributed by atoms with Crippen molar-refractivity contribution in [3.8, 4) is 0 Å². The largest absolute Gasteiger partial charge is 0.443 e. The SMILES string of the molecule is CC(C)(/C=C/n1ncc(C(=O)N[C@H]2C3CC4CC2C[C@](OC(N)=O)(C4)C3)c1C(F)(F)F)CF. The number of rotatable bonds is 6. The molecular weight excluding hydrogens is 444 g/mol. The number of halogens is 4. The Labute approximate surface area is 188 Å². The van der Waals surface area contributed by atoms with E-state index in [1.54, 1.807) is 0 Å². The minimum absolute atomic E-state index is 0.00539. The second-order valence-electron chi connectivity index (χ2n) is 10.4. The molecule has 0 saturated heterocycles. The first kappa shape index (κ1) is 23.6. The predicted molar refractivity (Wildman–Crippen MR) is 111 cm³/mol. The smallest absolute Gasteiger partial charge is 0.434 e. The maximum atomic E-state index is 13.8. The number of carbonyl (C=O) groups is 2. The fourth-order valence-corrected chi connectivity index (χ4v) is 5.99. The number of nitrogens with zero attached hydrogens (tertiary/aromatic N) is 2. The van der Waals surface area contributed by atoms with Crippen molar-refractivity contribution in [3.63, 3.8) is 0 Å². The first-order chi connectivity index (χ1) is 15.3. The van der Waals surface area contributed by atoms with Crippen LogP contribution >= 0.6 is 0 Å². The predicted octanol–water partition coefficient (Wildman–Crippen LogP) is 4.14. The summed E-state index contributed by atoms with van der Waals surface area (Å²) in [4.78, 5) is 24.4. The highest BCUT2D eigenvalue weighted by molar-refractivity contribution is 5.95. The molecule has 4 bridgehead atoms. The Morgan fingerprint density at radius 2 is 1.91 bits per heavy atom. The molecule has 33 heavy (non-hydrogen) atoms. The molecule has 0 radical (unpaired) electrons. The minimum Gasteiger partial charge on any atom is -0.443 e. The lowest BCUT2D eigenvalue weighted by molar-refractivity contribution is -0.143. The van der Waals surface area contributed by atoms with Gasteiger partial charge in [-0.2, -0.15) is 18.3 Å². The molecule has 182 valence electrons. The van der Waals surface area contributed by atoms with E-state index >= 15 is 0 Å². The summed E-state index contributed by atoms with van der Waals surface area (Å²) in [7, 11) is 0. The Morgan fingerprint density at radius 1 is 1.27 bits per heavy atom.